The van der Waals surface area contributed by atoms with Crippen LogP contribution in [0.4, 0.5) is 4.39 Å². The molecule has 1 aromatic rings. The Hall–Kier alpha value is -0.740. The Morgan fingerprint density at radius 1 is 1.55 bits per heavy atom. The first-order valence-electron chi connectivity index (χ1n) is 3.03. The van der Waals surface area contributed by atoms with Crippen LogP contribution in [0.1, 0.15) is 5.56 Å². The van der Waals surface area contributed by atoms with Gasteiger partial charge in [-0.25, -0.2) is 13.7 Å². The maximum absolute atomic E-state index is 12.7. The first kappa shape index (κ1) is 8.36. The van der Waals surface area contributed by atoms with E-state index in [1.807, 2.05) is 0 Å². The molecule has 60 valence electrons. The molecule has 0 heterocycles. The molecule has 0 fully saturated rings. The highest BCUT2D eigenvalue weighted by atomic mass is 32.2. The van der Waals surface area contributed by atoms with Crippen molar-refractivity contribution in [2.75, 3.05) is 0 Å². The van der Waals surface area contributed by atoms with Crippen LogP contribution in [0.25, 0.3) is 0 Å². The van der Waals surface area contributed by atoms with Gasteiger partial charge in [-0.2, -0.15) is 0 Å². The number of hydrogen-bond donors (Lipinski definition) is 1. The van der Waals surface area contributed by atoms with Crippen LogP contribution in [-0.2, 0) is 11.0 Å². The van der Waals surface area contributed by atoms with Gasteiger partial charge in [0.2, 0.25) is 0 Å². The van der Waals surface area contributed by atoms with Crippen molar-refractivity contribution in [3.63, 3.8) is 0 Å². The van der Waals surface area contributed by atoms with Crippen LogP contribution in [-0.4, -0.2) is 4.21 Å². The first-order chi connectivity index (χ1) is 5.11. The summed E-state index contributed by atoms with van der Waals surface area (Å²) in [5, 5.41) is 5.04. The monoisotopic (exact) mass is 173 g/mol. The zero-order valence-corrected chi connectivity index (χ0v) is 6.82. The summed E-state index contributed by atoms with van der Waals surface area (Å²) in [5.74, 6) is -0.374. The molecule has 1 aromatic carbocycles. The summed E-state index contributed by atoms with van der Waals surface area (Å²) in [6, 6.07) is 4.29. The fraction of sp³-hybridized carbons (Fsp3) is 0.143. The van der Waals surface area contributed by atoms with Gasteiger partial charge < -0.3 is 0 Å². The minimum absolute atomic E-state index is 0.313. The molecule has 0 amide bonds. The van der Waals surface area contributed by atoms with Crippen molar-refractivity contribution >= 4 is 11.0 Å². The van der Waals surface area contributed by atoms with Gasteiger partial charge in [0.15, 0.2) is 0 Å². The molecular formula is C7H8FNOS. The maximum atomic E-state index is 12.7. The smallest absolute Gasteiger partial charge is 0.127 e. The highest BCUT2D eigenvalue weighted by Crippen LogP contribution is 2.10. The number of nitrogens with two attached hydrogens (primary N) is 1. The van der Waals surface area contributed by atoms with Crippen molar-refractivity contribution < 1.29 is 8.60 Å². The van der Waals surface area contributed by atoms with E-state index in [9.17, 15) is 8.60 Å². The molecule has 11 heavy (non-hydrogen) atoms. The van der Waals surface area contributed by atoms with Crippen LogP contribution in [0.3, 0.4) is 0 Å². The van der Waals surface area contributed by atoms with E-state index in [-0.39, 0.29) is 5.82 Å². The predicted octanol–water partition coefficient (Wildman–Crippen LogP) is 1.12. The number of aryl methyl sites for hydroxylation is 1. The van der Waals surface area contributed by atoms with Gasteiger partial charge in [0.25, 0.3) is 0 Å². The lowest BCUT2D eigenvalue weighted by molar-refractivity contribution is 0.613. The topological polar surface area (TPSA) is 43.1 Å². The van der Waals surface area contributed by atoms with Gasteiger partial charge in [0.05, 0.1) is 4.90 Å². The molecule has 1 rings (SSSR count). The quantitative estimate of drug-likeness (QED) is 0.679. The zero-order valence-electron chi connectivity index (χ0n) is 6.00. The van der Waals surface area contributed by atoms with Crippen LogP contribution < -0.4 is 5.14 Å². The summed E-state index contributed by atoms with van der Waals surface area (Å²) in [6.07, 6.45) is 0. The van der Waals surface area contributed by atoms with E-state index in [4.69, 9.17) is 5.14 Å². The van der Waals surface area contributed by atoms with Crippen molar-refractivity contribution in [3.8, 4) is 0 Å². The van der Waals surface area contributed by atoms with Gasteiger partial charge in [-0.05, 0) is 24.6 Å². The lowest BCUT2D eigenvalue weighted by Crippen LogP contribution is -2.03. The van der Waals surface area contributed by atoms with Crippen LogP contribution in [0, 0.1) is 12.7 Å². The van der Waals surface area contributed by atoms with Crippen molar-refractivity contribution in [1.82, 2.24) is 0 Å². The largest absolute Gasteiger partial charge is 0.248 e. The van der Waals surface area contributed by atoms with Gasteiger partial charge in [0, 0.05) is 0 Å². The summed E-state index contributed by atoms with van der Waals surface area (Å²) >= 11 is 0. The molecule has 1 unspecified atom stereocenters. The van der Waals surface area contributed by atoms with E-state index >= 15 is 0 Å². The molecule has 4 heteroatoms. The SMILES string of the molecule is Cc1ccc(S(N)=O)cc1F. The first-order valence-corrected chi connectivity index (χ1v) is 4.25. The maximum Gasteiger partial charge on any atom is 0.127 e. The Labute approximate surface area is 66.8 Å². The van der Waals surface area contributed by atoms with Crippen molar-refractivity contribution in [1.29, 1.82) is 0 Å². The van der Waals surface area contributed by atoms with E-state index < -0.39 is 11.0 Å². The fourth-order valence-corrected chi connectivity index (χ4v) is 1.12. The normalized spacial score (nSPS) is 13.0. The molecule has 0 aliphatic heterocycles. The summed E-state index contributed by atoms with van der Waals surface area (Å²) in [7, 11) is -1.59. The summed E-state index contributed by atoms with van der Waals surface area (Å²) in [6.45, 7) is 1.64. The van der Waals surface area contributed by atoms with Crippen molar-refractivity contribution in [2.45, 2.75) is 11.8 Å². The van der Waals surface area contributed by atoms with E-state index in [1.54, 1.807) is 19.1 Å². The highest BCUT2D eigenvalue weighted by Gasteiger charge is 2.01. The Balaban J connectivity index is 3.15. The second-order valence-corrected chi connectivity index (χ2v) is 3.27. The van der Waals surface area contributed by atoms with Crippen LogP contribution in [0.15, 0.2) is 23.1 Å². The molecular weight excluding hydrogens is 165 g/mol. The number of benzene rings is 1. The summed E-state index contributed by atoms with van der Waals surface area (Å²) < 4.78 is 23.4. The highest BCUT2D eigenvalue weighted by molar-refractivity contribution is 7.82. The third kappa shape index (κ3) is 1.85. The van der Waals surface area contributed by atoms with E-state index in [0.717, 1.165) is 0 Å². The Bertz CT molecular complexity index is 300. The summed E-state index contributed by atoms with van der Waals surface area (Å²) in [4.78, 5) is 0.313. The van der Waals surface area contributed by atoms with Crippen LogP contribution in [0.2, 0.25) is 0 Å². The number of hydrogen-bond acceptors (Lipinski definition) is 1. The van der Waals surface area contributed by atoms with Gasteiger partial charge in [-0.1, -0.05) is 6.07 Å². The van der Waals surface area contributed by atoms with Gasteiger partial charge >= 0.3 is 0 Å². The molecule has 0 aromatic heterocycles. The minimum atomic E-state index is -1.59. The van der Waals surface area contributed by atoms with Gasteiger partial charge in [0.1, 0.15) is 16.8 Å². The lowest BCUT2D eigenvalue weighted by Gasteiger charge is -1.97. The average molecular weight is 173 g/mol. The minimum Gasteiger partial charge on any atom is -0.248 e. The molecule has 0 aliphatic carbocycles. The third-order valence-electron chi connectivity index (χ3n) is 1.38. The number of rotatable bonds is 1. The van der Waals surface area contributed by atoms with Gasteiger partial charge in [-0.15, -0.1) is 0 Å². The molecule has 1 atom stereocenters. The van der Waals surface area contributed by atoms with Crippen LogP contribution >= 0.6 is 0 Å². The molecule has 0 saturated heterocycles. The molecule has 0 bridgehead atoms. The van der Waals surface area contributed by atoms with E-state index in [1.165, 1.54) is 6.07 Å². The fourth-order valence-electron chi connectivity index (χ4n) is 0.699. The Morgan fingerprint density at radius 3 is 2.64 bits per heavy atom. The second-order valence-electron chi connectivity index (χ2n) is 2.21. The summed E-state index contributed by atoms with van der Waals surface area (Å²) in [5.41, 5.74) is 0.527. The average Bonchev–Trinajstić information content (AvgIpc) is 1.94. The Kier molecular flexibility index (Phi) is 2.36. The standard InChI is InChI=1S/C7H8FNOS/c1-5-2-3-6(11(9)10)4-7(5)8/h2-4H,9H2,1H3. The Morgan fingerprint density at radius 2 is 2.18 bits per heavy atom. The van der Waals surface area contributed by atoms with E-state index in [0.29, 0.717) is 10.5 Å². The molecule has 0 saturated carbocycles. The van der Waals surface area contributed by atoms with Crippen molar-refractivity contribution in [2.24, 2.45) is 5.14 Å². The zero-order chi connectivity index (χ0) is 8.43. The molecule has 0 radical (unpaired) electrons. The van der Waals surface area contributed by atoms with Crippen LogP contribution in [0.5, 0.6) is 0 Å². The molecule has 2 nitrogen and oxygen atoms in total. The molecule has 0 aliphatic rings. The lowest BCUT2D eigenvalue weighted by atomic mass is 10.2. The van der Waals surface area contributed by atoms with Gasteiger partial charge in [-0.3, -0.25) is 0 Å². The molecule has 0 spiro atoms. The van der Waals surface area contributed by atoms with Crippen molar-refractivity contribution in [3.05, 3.63) is 29.6 Å². The third-order valence-corrected chi connectivity index (χ3v) is 2.09. The number of halogens is 1. The second kappa shape index (κ2) is 3.11. The van der Waals surface area contributed by atoms with E-state index in [2.05, 4.69) is 0 Å². The molecule has 2 N–H and O–H groups in total. The predicted molar refractivity (Wildman–Crippen MR) is 41.7 cm³/mol.